The lowest BCUT2D eigenvalue weighted by molar-refractivity contribution is 0.0938. The first kappa shape index (κ1) is 19.4. The van der Waals surface area contributed by atoms with Gasteiger partial charge in [-0.1, -0.05) is 26.7 Å². The van der Waals surface area contributed by atoms with E-state index in [0.29, 0.717) is 23.6 Å². The molecule has 7 heteroatoms. The lowest BCUT2D eigenvalue weighted by atomic mass is 10.1. The molecule has 2 rings (SSSR count). The summed E-state index contributed by atoms with van der Waals surface area (Å²) < 4.78 is 28.8. The Hall–Kier alpha value is -1.89. The summed E-state index contributed by atoms with van der Waals surface area (Å²) in [4.78, 5) is 14.4. The average Bonchev–Trinajstić information content (AvgIpc) is 2.54. The van der Waals surface area contributed by atoms with Crippen molar-refractivity contribution >= 4 is 27.5 Å². The number of hydrogen-bond acceptors (Lipinski definition) is 4. The Morgan fingerprint density at radius 2 is 2.00 bits per heavy atom. The highest BCUT2D eigenvalue weighted by atomic mass is 32.2. The van der Waals surface area contributed by atoms with E-state index in [2.05, 4.69) is 23.6 Å². The van der Waals surface area contributed by atoms with Gasteiger partial charge in [0, 0.05) is 18.2 Å². The molecule has 0 spiro atoms. The zero-order valence-corrected chi connectivity index (χ0v) is 16.2. The molecule has 1 heterocycles. The molecule has 1 atom stereocenters. The van der Waals surface area contributed by atoms with Gasteiger partial charge in [0.2, 0.25) is 0 Å². The maximum atomic E-state index is 12.5. The van der Waals surface area contributed by atoms with Crippen LogP contribution in [0.3, 0.4) is 0 Å². The number of nitrogens with zero attached hydrogens (tertiary/aromatic N) is 2. The van der Waals surface area contributed by atoms with Crippen molar-refractivity contribution in [2.24, 2.45) is 4.40 Å². The van der Waals surface area contributed by atoms with Crippen LogP contribution >= 0.6 is 0 Å². The Kier molecular flexibility index (Phi) is 6.21. The molecule has 1 amide bonds. The van der Waals surface area contributed by atoms with Gasteiger partial charge in [0.25, 0.3) is 15.9 Å². The number of carbonyl (C=O) groups excluding carboxylic acids is 1. The second-order valence-electron chi connectivity index (χ2n) is 6.46. The average molecular weight is 365 g/mol. The summed E-state index contributed by atoms with van der Waals surface area (Å²) in [6.45, 7) is 8.48. The molecule has 1 aromatic rings. The molecular weight excluding hydrogens is 338 g/mol. The molecule has 1 aliphatic heterocycles. The normalized spacial score (nSPS) is 16.8. The van der Waals surface area contributed by atoms with Gasteiger partial charge in [-0.2, -0.15) is 8.42 Å². The molecule has 0 bridgehead atoms. The van der Waals surface area contributed by atoms with Crippen molar-refractivity contribution in [1.82, 2.24) is 5.32 Å². The van der Waals surface area contributed by atoms with Gasteiger partial charge in [0.05, 0.1) is 5.69 Å². The molecule has 1 N–H and O–H groups in total. The number of unbranched alkanes of at least 4 members (excludes halogenated alkanes) is 1. The van der Waals surface area contributed by atoms with E-state index in [0.717, 1.165) is 25.7 Å². The maximum absolute atomic E-state index is 12.5. The number of carbonyl (C=O) groups is 1. The van der Waals surface area contributed by atoms with Crippen molar-refractivity contribution in [3.63, 3.8) is 0 Å². The van der Waals surface area contributed by atoms with Gasteiger partial charge in [-0.05, 0) is 44.9 Å². The van der Waals surface area contributed by atoms with Crippen molar-refractivity contribution in [3.05, 3.63) is 23.8 Å². The Bertz CT molecular complexity index is 772. The zero-order chi connectivity index (χ0) is 18.6. The number of sulfonamides is 1. The number of amides is 1. The summed E-state index contributed by atoms with van der Waals surface area (Å²) in [5, 5.41) is 2.90. The molecule has 0 aromatic heterocycles. The topological polar surface area (TPSA) is 78.8 Å². The van der Waals surface area contributed by atoms with E-state index in [1.54, 1.807) is 19.1 Å². The van der Waals surface area contributed by atoms with Crippen LogP contribution in [-0.2, 0) is 10.0 Å². The maximum Gasteiger partial charge on any atom is 0.286 e. The summed E-state index contributed by atoms with van der Waals surface area (Å²) in [5.74, 6) is 0.208. The lowest BCUT2D eigenvalue weighted by Gasteiger charge is -2.29. The first-order valence-corrected chi connectivity index (χ1v) is 10.3. The highest BCUT2D eigenvalue weighted by Crippen LogP contribution is 2.32. The van der Waals surface area contributed by atoms with E-state index in [4.69, 9.17) is 0 Å². The van der Waals surface area contributed by atoms with Crippen molar-refractivity contribution in [2.45, 2.75) is 64.3 Å². The fourth-order valence-electron chi connectivity index (χ4n) is 2.94. The molecule has 25 heavy (non-hydrogen) atoms. The van der Waals surface area contributed by atoms with E-state index < -0.39 is 10.0 Å². The highest BCUT2D eigenvalue weighted by molar-refractivity contribution is 7.90. The summed E-state index contributed by atoms with van der Waals surface area (Å²) in [6, 6.07) is 4.87. The van der Waals surface area contributed by atoms with Crippen molar-refractivity contribution in [2.75, 3.05) is 11.4 Å². The monoisotopic (exact) mass is 365 g/mol. The van der Waals surface area contributed by atoms with Crippen LogP contribution < -0.4 is 10.2 Å². The Morgan fingerprint density at radius 1 is 1.28 bits per heavy atom. The van der Waals surface area contributed by atoms with Gasteiger partial charge in [0.15, 0.2) is 0 Å². The number of nitrogens with one attached hydrogen (secondary N) is 1. The second kappa shape index (κ2) is 7.99. The zero-order valence-electron chi connectivity index (χ0n) is 15.4. The van der Waals surface area contributed by atoms with Crippen LogP contribution in [0.1, 0.15) is 63.7 Å². The minimum Gasteiger partial charge on any atom is -0.350 e. The molecule has 1 aromatic carbocycles. The third kappa shape index (κ3) is 4.39. The number of amidine groups is 1. The fraction of sp³-hybridized carbons (Fsp3) is 0.556. The van der Waals surface area contributed by atoms with Crippen molar-refractivity contribution < 1.29 is 13.2 Å². The molecule has 0 saturated carbocycles. The van der Waals surface area contributed by atoms with E-state index in [9.17, 15) is 13.2 Å². The summed E-state index contributed by atoms with van der Waals surface area (Å²) in [7, 11) is -3.78. The summed E-state index contributed by atoms with van der Waals surface area (Å²) in [6.07, 6.45) is 3.79. The number of rotatable bonds is 7. The largest absolute Gasteiger partial charge is 0.350 e. The number of anilines is 1. The molecule has 138 valence electrons. The van der Waals surface area contributed by atoms with Crippen LogP contribution in [0.15, 0.2) is 27.5 Å². The molecular formula is C18H27N3O3S. The van der Waals surface area contributed by atoms with Gasteiger partial charge in [-0.25, -0.2) is 0 Å². The summed E-state index contributed by atoms with van der Waals surface area (Å²) in [5.41, 5.74) is 0.939. The minimum absolute atomic E-state index is 0.0476. The van der Waals surface area contributed by atoms with Crippen molar-refractivity contribution in [3.8, 4) is 0 Å². The van der Waals surface area contributed by atoms with Gasteiger partial charge in [-0.3, -0.25) is 4.79 Å². The minimum atomic E-state index is -3.78. The number of benzene rings is 1. The lowest BCUT2D eigenvalue weighted by Crippen LogP contribution is -2.35. The molecule has 0 fully saturated rings. The highest BCUT2D eigenvalue weighted by Gasteiger charge is 2.29. The first-order valence-electron chi connectivity index (χ1n) is 8.84. The Labute approximate surface area is 150 Å². The predicted molar refractivity (Wildman–Crippen MR) is 101 cm³/mol. The van der Waals surface area contributed by atoms with Crippen LogP contribution in [-0.4, -0.2) is 32.7 Å². The fourth-order valence-corrected chi connectivity index (χ4v) is 4.21. The molecule has 0 unspecified atom stereocenters. The molecule has 0 saturated heterocycles. The van der Waals surface area contributed by atoms with Gasteiger partial charge in [-0.15, -0.1) is 4.40 Å². The molecule has 0 radical (unpaired) electrons. The van der Waals surface area contributed by atoms with E-state index in [-0.39, 0.29) is 16.8 Å². The third-order valence-electron chi connectivity index (χ3n) is 4.27. The van der Waals surface area contributed by atoms with Crippen LogP contribution in [0.25, 0.3) is 0 Å². The number of fused-ring (bicyclic) bond motifs is 1. The Balaban J connectivity index is 2.36. The second-order valence-corrected chi connectivity index (χ2v) is 8.04. The molecule has 0 aliphatic carbocycles. The van der Waals surface area contributed by atoms with E-state index in [1.807, 2.05) is 11.8 Å². The van der Waals surface area contributed by atoms with E-state index in [1.165, 1.54) is 6.07 Å². The van der Waals surface area contributed by atoms with Gasteiger partial charge in [0.1, 0.15) is 10.7 Å². The standard InChI is InChI=1S/C18H27N3O3S/c1-5-7-11-21-14(4)20-25(23,24)17-12-15(9-10-16(17)21)18(22)19-13(3)8-6-2/h9-10,12-13H,5-8,11H2,1-4H3,(H,19,22)/t13-/m1/s1. The SMILES string of the molecule is CCCCN1C(C)=NS(=O)(=O)c2cc(C(=O)N[C@H](C)CCC)ccc21. The van der Waals surface area contributed by atoms with Crippen LogP contribution in [0, 0.1) is 0 Å². The quantitative estimate of drug-likeness (QED) is 0.804. The third-order valence-corrected chi connectivity index (χ3v) is 5.66. The predicted octanol–water partition coefficient (Wildman–Crippen LogP) is 3.33. The van der Waals surface area contributed by atoms with Crippen molar-refractivity contribution in [1.29, 1.82) is 0 Å². The van der Waals surface area contributed by atoms with Crippen LogP contribution in [0.5, 0.6) is 0 Å². The molecule has 1 aliphatic rings. The molecule has 6 nitrogen and oxygen atoms in total. The smallest absolute Gasteiger partial charge is 0.286 e. The Morgan fingerprint density at radius 3 is 2.64 bits per heavy atom. The van der Waals surface area contributed by atoms with Gasteiger partial charge >= 0.3 is 0 Å². The number of hydrogen-bond donors (Lipinski definition) is 1. The summed E-state index contributed by atoms with van der Waals surface area (Å²) >= 11 is 0. The van der Waals surface area contributed by atoms with E-state index >= 15 is 0 Å². The van der Waals surface area contributed by atoms with Crippen LogP contribution in [0.4, 0.5) is 5.69 Å². The van der Waals surface area contributed by atoms with Crippen LogP contribution in [0.2, 0.25) is 0 Å². The first-order chi connectivity index (χ1) is 11.8. The van der Waals surface area contributed by atoms with Gasteiger partial charge < -0.3 is 10.2 Å².